The highest BCUT2D eigenvalue weighted by Gasteiger charge is 2.10. The fourth-order valence-electron chi connectivity index (χ4n) is 1.86. The van der Waals surface area contributed by atoms with Crippen LogP contribution >= 0.6 is 0 Å². The fraction of sp³-hybridized carbons (Fsp3) is 0.308. The summed E-state index contributed by atoms with van der Waals surface area (Å²) < 4.78 is 12.5. The van der Waals surface area contributed by atoms with Gasteiger partial charge in [-0.15, -0.1) is 0 Å². The van der Waals surface area contributed by atoms with Gasteiger partial charge in [-0.25, -0.2) is 4.98 Å². The maximum Gasteiger partial charge on any atom is 0.146 e. The van der Waals surface area contributed by atoms with Crippen molar-refractivity contribution in [1.29, 1.82) is 0 Å². The highest BCUT2D eigenvalue weighted by atomic mass is 16.5. The number of nitrogens with two attached hydrogens (primary N) is 1. The molecule has 0 aliphatic rings. The van der Waals surface area contributed by atoms with Crippen molar-refractivity contribution in [3.63, 3.8) is 0 Å². The van der Waals surface area contributed by atoms with Gasteiger partial charge in [0.15, 0.2) is 0 Å². The number of rotatable bonds is 5. The van der Waals surface area contributed by atoms with Crippen molar-refractivity contribution >= 4 is 0 Å². The zero-order valence-corrected chi connectivity index (χ0v) is 10.6. The van der Waals surface area contributed by atoms with Crippen LogP contribution in [0.1, 0.15) is 5.69 Å². The number of imidazole rings is 1. The van der Waals surface area contributed by atoms with Crippen LogP contribution in [-0.2, 0) is 6.42 Å². The predicted octanol–water partition coefficient (Wildman–Crippen LogP) is 1.39. The molecule has 18 heavy (non-hydrogen) atoms. The molecule has 5 heteroatoms. The van der Waals surface area contributed by atoms with Gasteiger partial charge in [0.05, 0.1) is 26.2 Å². The Morgan fingerprint density at radius 2 is 2.11 bits per heavy atom. The van der Waals surface area contributed by atoms with Crippen LogP contribution in [0.2, 0.25) is 0 Å². The van der Waals surface area contributed by atoms with E-state index in [1.807, 2.05) is 29.0 Å². The minimum Gasteiger partial charge on any atom is -0.497 e. The van der Waals surface area contributed by atoms with Crippen molar-refractivity contribution in [2.75, 3.05) is 20.8 Å². The van der Waals surface area contributed by atoms with E-state index in [1.54, 1.807) is 20.5 Å². The molecule has 1 heterocycles. The van der Waals surface area contributed by atoms with E-state index in [-0.39, 0.29) is 0 Å². The molecule has 0 aliphatic heterocycles. The number of aromatic nitrogens is 2. The van der Waals surface area contributed by atoms with E-state index in [1.165, 1.54) is 0 Å². The predicted molar refractivity (Wildman–Crippen MR) is 69.4 cm³/mol. The van der Waals surface area contributed by atoms with Gasteiger partial charge in [-0.1, -0.05) is 0 Å². The van der Waals surface area contributed by atoms with Gasteiger partial charge >= 0.3 is 0 Å². The molecule has 0 aliphatic carbocycles. The molecule has 0 bridgehead atoms. The lowest BCUT2D eigenvalue weighted by atomic mass is 10.2. The zero-order chi connectivity index (χ0) is 13.0. The standard InChI is InChI=1S/C13H17N3O2/c1-17-11-3-4-12(13(7-11)18-2)16-9-15-8-10(16)5-6-14/h3-4,7-9H,5-6,14H2,1-2H3. The molecule has 0 fully saturated rings. The maximum atomic E-state index is 5.59. The van der Waals surface area contributed by atoms with E-state index >= 15 is 0 Å². The summed E-state index contributed by atoms with van der Waals surface area (Å²) in [4.78, 5) is 4.16. The average molecular weight is 247 g/mol. The lowest BCUT2D eigenvalue weighted by Gasteiger charge is -2.13. The van der Waals surface area contributed by atoms with E-state index < -0.39 is 0 Å². The summed E-state index contributed by atoms with van der Waals surface area (Å²) in [6, 6.07) is 5.69. The Bertz CT molecular complexity index is 523. The molecule has 2 N–H and O–H groups in total. The van der Waals surface area contributed by atoms with Crippen molar-refractivity contribution in [2.24, 2.45) is 5.73 Å². The Hall–Kier alpha value is -2.01. The van der Waals surface area contributed by atoms with E-state index in [2.05, 4.69) is 4.98 Å². The summed E-state index contributed by atoms with van der Waals surface area (Å²) in [7, 11) is 3.27. The van der Waals surface area contributed by atoms with Crippen LogP contribution in [0.25, 0.3) is 5.69 Å². The second-order valence-electron chi connectivity index (χ2n) is 3.83. The molecule has 0 spiro atoms. The van der Waals surface area contributed by atoms with Gasteiger partial charge in [0, 0.05) is 24.4 Å². The molecule has 1 aromatic carbocycles. The molecular formula is C13H17N3O2. The molecule has 0 saturated heterocycles. The lowest BCUT2D eigenvalue weighted by molar-refractivity contribution is 0.393. The number of ether oxygens (including phenoxy) is 2. The third kappa shape index (κ3) is 2.31. The summed E-state index contributed by atoms with van der Waals surface area (Å²) >= 11 is 0. The quantitative estimate of drug-likeness (QED) is 0.867. The van der Waals surface area contributed by atoms with Gasteiger partial charge in [-0.05, 0) is 18.7 Å². The monoisotopic (exact) mass is 247 g/mol. The summed E-state index contributed by atoms with van der Waals surface area (Å²) in [6.45, 7) is 0.587. The first kappa shape index (κ1) is 12.4. The normalized spacial score (nSPS) is 10.4. The molecule has 0 radical (unpaired) electrons. The Morgan fingerprint density at radius 1 is 1.28 bits per heavy atom. The van der Waals surface area contributed by atoms with Crippen LogP contribution < -0.4 is 15.2 Å². The second kappa shape index (κ2) is 5.55. The molecule has 96 valence electrons. The van der Waals surface area contributed by atoms with E-state index in [0.717, 1.165) is 29.3 Å². The van der Waals surface area contributed by atoms with Gasteiger partial charge in [0.25, 0.3) is 0 Å². The molecule has 0 atom stereocenters. The summed E-state index contributed by atoms with van der Waals surface area (Å²) in [5.41, 5.74) is 7.58. The lowest BCUT2D eigenvalue weighted by Crippen LogP contribution is -2.08. The SMILES string of the molecule is COc1ccc(-n2cncc2CCN)c(OC)c1. The third-order valence-electron chi connectivity index (χ3n) is 2.76. The van der Waals surface area contributed by atoms with Crippen LogP contribution in [0.15, 0.2) is 30.7 Å². The summed E-state index contributed by atoms with van der Waals surface area (Å²) in [5, 5.41) is 0. The molecule has 0 unspecified atom stereocenters. The van der Waals surface area contributed by atoms with E-state index in [9.17, 15) is 0 Å². The van der Waals surface area contributed by atoms with Crippen LogP contribution in [-0.4, -0.2) is 30.3 Å². The van der Waals surface area contributed by atoms with E-state index in [4.69, 9.17) is 15.2 Å². The molecule has 2 rings (SSSR count). The second-order valence-corrected chi connectivity index (χ2v) is 3.83. The number of nitrogens with zero attached hydrogens (tertiary/aromatic N) is 2. The highest BCUT2D eigenvalue weighted by molar-refractivity contribution is 5.51. The largest absolute Gasteiger partial charge is 0.497 e. The minimum atomic E-state index is 0.587. The first-order valence-corrected chi connectivity index (χ1v) is 5.74. The van der Waals surface area contributed by atoms with Gasteiger partial charge < -0.3 is 15.2 Å². The first-order valence-electron chi connectivity index (χ1n) is 5.74. The van der Waals surface area contributed by atoms with Gasteiger partial charge in [0.2, 0.25) is 0 Å². The molecule has 0 saturated carbocycles. The maximum absolute atomic E-state index is 5.59. The van der Waals surface area contributed by atoms with Crippen molar-refractivity contribution < 1.29 is 9.47 Å². The Labute approximate surface area is 106 Å². The van der Waals surface area contributed by atoms with Crippen LogP contribution in [0.5, 0.6) is 11.5 Å². The summed E-state index contributed by atoms with van der Waals surface area (Å²) in [6.07, 6.45) is 4.35. The average Bonchev–Trinajstić information content (AvgIpc) is 2.86. The van der Waals surface area contributed by atoms with Gasteiger partial charge in [0.1, 0.15) is 11.5 Å². The third-order valence-corrected chi connectivity index (χ3v) is 2.76. The van der Waals surface area contributed by atoms with Crippen molar-refractivity contribution in [2.45, 2.75) is 6.42 Å². The summed E-state index contributed by atoms with van der Waals surface area (Å²) in [5.74, 6) is 1.50. The topological polar surface area (TPSA) is 62.3 Å². The molecule has 2 aromatic rings. The zero-order valence-electron chi connectivity index (χ0n) is 10.6. The van der Waals surface area contributed by atoms with Gasteiger partial charge in [-0.3, -0.25) is 4.57 Å². The Balaban J connectivity index is 2.46. The van der Waals surface area contributed by atoms with Crippen molar-refractivity contribution in [3.8, 4) is 17.2 Å². The van der Waals surface area contributed by atoms with Gasteiger partial charge in [-0.2, -0.15) is 0 Å². The van der Waals surface area contributed by atoms with Crippen LogP contribution in [0.3, 0.4) is 0 Å². The number of hydrogen-bond donors (Lipinski definition) is 1. The molecule has 0 amide bonds. The smallest absolute Gasteiger partial charge is 0.146 e. The Kier molecular flexibility index (Phi) is 3.84. The Morgan fingerprint density at radius 3 is 2.78 bits per heavy atom. The number of hydrogen-bond acceptors (Lipinski definition) is 4. The molecular weight excluding hydrogens is 230 g/mol. The first-order chi connectivity index (χ1) is 8.80. The van der Waals surface area contributed by atoms with Crippen LogP contribution in [0, 0.1) is 0 Å². The van der Waals surface area contributed by atoms with E-state index in [0.29, 0.717) is 6.54 Å². The van der Waals surface area contributed by atoms with Crippen molar-refractivity contribution in [1.82, 2.24) is 9.55 Å². The highest BCUT2D eigenvalue weighted by Crippen LogP contribution is 2.28. The van der Waals surface area contributed by atoms with Crippen LogP contribution in [0.4, 0.5) is 0 Å². The molecule has 1 aromatic heterocycles. The number of methoxy groups -OCH3 is 2. The number of benzene rings is 1. The fourth-order valence-corrected chi connectivity index (χ4v) is 1.86. The molecule has 5 nitrogen and oxygen atoms in total. The van der Waals surface area contributed by atoms with Crippen molar-refractivity contribution in [3.05, 3.63) is 36.4 Å². The minimum absolute atomic E-state index is 0.587.